The third-order valence-corrected chi connectivity index (χ3v) is 6.11. The molecule has 0 aliphatic carbocycles. The van der Waals surface area contributed by atoms with Gasteiger partial charge in [-0.2, -0.15) is 4.72 Å². The molecule has 0 bridgehead atoms. The van der Waals surface area contributed by atoms with Crippen molar-refractivity contribution < 1.29 is 27.2 Å². The summed E-state index contributed by atoms with van der Waals surface area (Å²) in [4.78, 5) is 26.5. The Kier molecular flexibility index (Phi) is 8.60. The molecule has 0 unspecified atom stereocenters. The van der Waals surface area contributed by atoms with Gasteiger partial charge in [-0.25, -0.2) is 8.42 Å². The van der Waals surface area contributed by atoms with Crippen LogP contribution in [-0.4, -0.2) is 51.4 Å². The lowest BCUT2D eigenvalue weighted by molar-refractivity contribution is -0.123. The summed E-state index contributed by atoms with van der Waals surface area (Å²) < 4.78 is 37.6. The van der Waals surface area contributed by atoms with Crippen LogP contribution in [0.3, 0.4) is 0 Å². The highest BCUT2D eigenvalue weighted by Gasteiger charge is 2.23. The fourth-order valence-corrected chi connectivity index (χ4v) is 3.85. The van der Waals surface area contributed by atoms with Crippen molar-refractivity contribution in [2.75, 3.05) is 20.2 Å². The number of carbonyl (C=O) groups excluding carboxylic acids is 2. The van der Waals surface area contributed by atoms with Crippen LogP contribution in [-0.2, 0) is 21.4 Å². The molecular formula is C20H28N4O6S. The Balaban J connectivity index is 1.89. The number of benzene rings is 1. The minimum absolute atomic E-state index is 0.0201. The van der Waals surface area contributed by atoms with Crippen molar-refractivity contribution in [2.24, 2.45) is 0 Å². The van der Waals surface area contributed by atoms with Crippen LogP contribution in [0, 0.1) is 0 Å². The highest BCUT2D eigenvalue weighted by Crippen LogP contribution is 2.15. The molecule has 10 nitrogen and oxygen atoms in total. The SMILES string of the molecule is CCN(CC)Cc1ccc(C(=O)NNC(=O)[C@H](C)NS(=O)(=O)c2ccc(OC)cc2)o1. The molecule has 0 fully saturated rings. The van der Waals surface area contributed by atoms with Gasteiger partial charge in [0, 0.05) is 0 Å². The lowest BCUT2D eigenvalue weighted by Gasteiger charge is -2.16. The maximum Gasteiger partial charge on any atom is 0.305 e. The van der Waals surface area contributed by atoms with Crippen LogP contribution in [0.25, 0.3) is 0 Å². The van der Waals surface area contributed by atoms with E-state index in [1.54, 1.807) is 6.07 Å². The zero-order valence-corrected chi connectivity index (χ0v) is 18.8. The van der Waals surface area contributed by atoms with E-state index < -0.39 is 27.9 Å². The van der Waals surface area contributed by atoms with Crippen LogP contribution < -0.4 is 20.3 Å². The second-order valence-corrected chi connectivity index (χ2v) is 8.40. The predicted octanol–water partition coefficient (Wildman–Crippen LogP) is 1.26. The van der Waals surface area contributed by atoms with E-state index in [4.69, 9.17) is 9.15 Å². The minimum atomic E-state index is -3.94. The van der Waals surface area contributed by atoms with E-state index in [0.29, 0.717) is 18.1 Å². The molecule has 1 aromatic heterocycles. The molecule has 170 valence electrons. The largest absolute Gasteiger partial charge is 0.497 e. The molecule has 2 amide bonds. The van der Waals surface area contributed by atoms with E-state index in [2.05, 4.69) is 20.5 Å². The standard InChI is InChI=1S/C20H28N4O6S/c1-5-24(6-2)13-16-9-12-18(30-16)20(26)22-21-19(25)14(3)23-31(27,28)17-10-7-15(29-4)8-11-17/h7-12,14,23H,5-6,13H2,1-4H3,(H,21,25)(H,22,26)/t14-/m0/s1. The van der Waals surface area contributed by atoms with E-state index in [1.165, 1.54) is 44.4 Å². The van der Waals surface area contributed by atoms with Gasteiger partial charge in [0.05, 0.1) is 24.6 Å². The fourth-order valence-electron chi connectivity index (χ4n) is 2.65. The molecule has 3 N–H and O–H groups in total. The van der Waals surface area contributed by atoms with Crippen molar-refractivity contribution in [3.8, 4) is 5.75 Å². The molecule has 1 aromatic carbocycles. The average molecular weight is 453 g/mol. The number of nitrogens with zero attached hydrogens (tertiary/aromatic N) is 1. The molecule has 31 heavy (non-hydrogen) atoms. The van der Waals surface area contributed by atoms with E-state index in [1.807, 2.05) is 13.8 Å². The molecule has 0 radical (unpaired) electrons. The van der Waals surface area contributed by atoms with Crippen molar-refractivity contribution >= 4 is 21.8 Å². The van der Waals surface area contributed by atoms with Gasteiger partial charge in [0.2, 0.25) is 10.0 Å². The summed E-state index contributed by atoms with van der Waals surface area (Å²) in [6, 6.07) is 7.79. The second kappa shape index (κ2) is 10.9. The van der Waals surface area contributed by atoms with Crippen LogP contribution in [0.4, 0.5) is 0 Å². The van der Waals surface area contributed by atoms with Gasteiger partial charge in [0.25, 0.3) is 5.91 Å². The van der Waals surface area contributed by atoms with Gasteiger partial charge >= 0.3 is 5.91 Å². The Morgan fingerprint density at radius 2 is 1.71 bits per heavy atom. The first-order valence-electron chi connectivity index (χ1n) is 9.77. The Morgan fingerprint density at radius 1 is 1.06 bits per heavy atom. The number of amides is 2. The zero-order valence-electron chi connectivity index (χ0n) is 18.0. The number of rotatable bonds is 10. The Morgan fingerprint density at radius 3 is 2.29 bits per heavy atom. The monoisotopic (exact) mass is 452 g/mol. The first-order chi connectivity index (χ1) is 14.7. The van der Waals surface area contributed by atoms with Gasteiger partial charge < -0.3 is 9.15 Å². The van der Waals surface area contributed by atoms with Crippen molar-refractivity contribution in [2.45, 2.75) is 38.3 Å². The highest BCUT2D eigenvalue weighted by atomic mass is 32.2. The van der Waals surface area contributed by atoms with Crippen molar-refractivity contribution in [1.29, 1.82) is 0 Å². The lowest BCUT2D eigenvalue weighted by Crippen LogP contribution is -2.50. The first kappa shape index (κ1) is 24.4. The molecule has 0 saturated heterocycles. The van der Waals surface area contributed by atoms with Gasteiger partial charge in [-0.1, -0.05) is 13.8 Å². The molecule has 1 atom stereocenters. The number of ether oxygens (including phenoxy) is 1. The zero-order chi connectivity index (χ0) is 23.0. The maximum atomic E-state index is 12.4. The van der Waals surface area contributed by atoms with Crippen LogP contribution in [0.15, 0.2) is 45.7 Å². The van der Waals surface area contributed by atoms with E-state index >= 15 is 0 Å². The highest BCUT2D eigenvalue weighted by molar-refractivity contribution is 7.89. The summed E-state index contributed by atoms with van der Waals surface area (Å²) in [5, 5.41) is 0. The minimum Gasteiger partial charge on any atom is -0.497 e. The van der Waals surface area contributed by atoms with Crippen LogP contribution >= 0.6 is 0 Å². The topological polar surface area (TPSA) is 130 Å². The van der Waals surface area contributed by atoms with Crippen molar-refractivity contribution in [3.05, 3.63) is 47.9 Å². The Hall–Kier alpha value is -2.89. The molecule has 0 aliphatic rings. The number of sulfonamides is 1. The molecule has 11 heteroatoms. The fraction of sp³-hybridized carbons (Fsp3) is 0.400. The number of furan rings is 1. The number of carbonyl (C=O) groups is 2. The van der Waals surface area contributed by atoms with Gasteiger partial charge in [-0.3, -0.25) is 25.3 Å². The molecule has 0 saturated carbocycles. The number of methoxy groups -OCH3 is 1. The Bertz CT molecular complexity index is 983. The summed E-state index contributed by atoms with van der Waals surface area (Å²) in [5.41, 5.74) is 4.41. The number of hydrogen-bond donors (Lipinski definition) is 3. The maximum absolute atomic E-state index is 12.4. The number of hydrazine groups is 1. The van der Waals surface area contributed by atoms with Crippen LogP contribution in [0.2, 0.25) is 0 Å². The smallest absolute Gasteiger partial charge is 0.305 e. The lowest BCUT2D eigenvalue weighted by atomic mass is 10.3. The van der Waals surface area contributed by atoms with E-state index in [-0.39, 0.29) is 10.7 Å². The summed E-state index contributed by atoms with van der Waals surface area (Å²) >= 11 is 0. The van der Waals surface area contributed by atoms with E-state index in [9.17, 15) is 18.0 Å². The molecular weight excluding hydrogens is 424 g/mol. The second-order valence-electron chi connectivity index (χ2n) is 6.69. The van der Waals surface area contributed by atoms with Gasteiger partial charge in [0.15, 0.2) is 5.76 Å². The Labute approximate surface area is 182 Å². The summed E-state index contributed by atoms with van der Waals surface area (Å²) in [6.45, 7) is 7.67. The predicted molar refractivity (Wildman–Crippen MR) is 114 cm³/mol. The van der Waals surface area contributed by atoms with Crippen LogP contribution in [0.1, 0.15) is 37.1 Å². The van der Waals surface area contributed by atoms with Crippen LogP contribution in [0.5, 0.6) is 5.75 Å². The molecule has 0 spiro atoms. The summed E-state index contributed by atoms with van der Waals surface area (Å²) in [5.74, 6) is -0.218. The number of nitrogens with one attached hydrogen (secondary N) is 3. The summed E-state index contributed by atoms with van der Waals surface area (Å²) in [7, 11) is -2.47. The third-order valence-electron chi connectivity index (χ3n) is 4.55. The normalized spacial score (nSPS) is 12.4. The van der Waals surface area contributed by atoms with Crippen molar-refractivity contribution in [1.82, 2.24) is 20.5 Å². The van der Waals surface area contributed by atoms with Crippen molar-refractivity contribution in [3.63, 3.8) is 0 Å². The quantitative estimate of drug-likeness (QED) is 0.463. The summed E-state index contributed by atoms with van der Waals surface area (Å²) in [6.07, 6.45) is 0. The molecule has 2 rings (SSSR count). The molecule has 0 aliphatic heterocycles. The number of hydrogen-bond acceptors (Lipinski definition) is 7. The molecule has 2 aromatic rings. The first-order valence-corrected chi connectivity index (χ1v) is 11.3. The van der Waals surface area contributed by atoms with E-state index in [0.717, 1.165) is 13.1 Å². The van der Waals surface area contributed by atoms with Gasteiger partial charge in [-0.15, -0.1) is 0 Å². The molecule has 1 heterocycles. The average Bonchev–Trinajstić information content (AvgIpc) is 3.23. The van der Waals surface area contributed by atoms with Gasteiger partial charge in [0.1, 0.15) is 11.5 Å². The van der Waals surface area contributed by atoms with Gasteiger partial charge in [-0.05, 0) is 56.4 Å². The third kappa shape index (κ3) is 6.81.